The monoisotopic (exact) mass is 421 g/mol. The lowest BCUT2D eigenvalue weighted by molar-refractivity contribution is -0.146. The molecule has 0 aromatic heterocycles. The minimum atomic E-state index is -0.899. The number of rotatable bonds is 8. The predicted molar refractivity (Wildman–Crippen MR) is 118 cm³/mol. The Morgan fingerprint density at radius 2 is 1.54 bits per heavy atom. The maximum absolute atomic E-state index is 13.5. The first-order valence-electron chi connectivity index (χ1n) is 9.57. The highest BCUT2D eigenvalue weighted by molar-refractivity contribution is 8.01. The van der Waals surface area contributed by atoms with Crippen LogP contribution in [0.25, 0.3) is 0 Å². The van der Waals surface area contributed by atoms with Crippen molar-refractivity contribution in [3.8, 4) is 11.5 Å². The van der Waals surface area contributed by atoms with Crippen molar-refractivity contribution >= 4 is 30.1 Å². The van der Waals surface area contributed by atoms with Crippen LogP contribution in [0, 0.1) is 0 Å². The van der Waals surface area contributed by atoms with Crippen LogP contribution in [-0.2, 0) is 14.3 Å². The number of nitrogens with zero attached hydrogens (tertiary/aromatic N) is 1. The fourth-order valence-corrected chi connectivity index (χ4v) is 4.77. The van der Waals surface area contributed by atoms with Crippen LogP contribution in [-0.4, -0.2) is 42.9 Å². The Balaban J connectivity index is 0.00000280. The van der Waals surface area contributed by atoms with Crippen LogP contribution in [0.4, 0.5) is 0 Å². The molecule has 0 amide bonds. The van der Waals surface area contributed by atoms with Gasteiger partial charge in [-0.1, -0.05) is 57.2 Å². The highest BCUT2D eigenvalue weighted by Crippen LogP contribution is 2.54. The number of para-hydroxylation sites is 2. The molecule has 152 valence electrons. The lowest BCUT2D eigenvalue weighted by atomic mass is 9.87. The Morgan fingerprint density at radius 3 is 2.04 bits per heavy atom. The number of fused-ring (bicyclic) bond motifs is 2. The molecule has 0 spiro atoms. The molecule has 0 aliphatic carbocycles. The van der Waals surface area contributed by atoms with Crippen molar-refractivity contribution < 1.29 is 14.3 Å². The Morgan fingerprint density at radius 1 is 1.00 bits per heavy atom. The third kappa shape index (κ3) is 4.17. The predicted octanol–water partition coefficient (Wildman–Crippen LogP) is 5.10. The smallest absolute Gasteiger partial charge is 0.331 e. The quantitative estimate of drug-likeness (QED) is 0.554. The van der Waals surface area contributed by atoms with Gasteiger partial charge in [0.05, 0.1) is 0 Å². The summed E-state index contributed by atoms with van der Waals surface area (Å²) < 4.78 is 11.0. The van der Waals surface area contributed by atoms with Crippen molar-refractivity contribution in [2.75, 3.05) is 32.0 Å². The number of benzene rings is 2. The molecule has 0 atom stereocenters. The van der Waals surface area contributed by atoms with Crippen LogP contribution in [0.5, 0.6) is 11.5 Å². The zero-order valence-electron chi connectivity index (χ0n) is 16.6. The molecule has 0 fully saturated rings. The number of hydrogen-bond acceptors (Lipinski definition) is 5. The first-order chi connectivity index (χ1) is 13.2. The third-order valence-electron chi connectivity index (χ3n) is 4.94. The maximum atomic E-state index is 13.5. The number of carbonyl (C=O) groups is 1. The molecule has 0 N–H and O–H groups in total. The van der Waals surface area contributed by atoms with Gasteiger partial charge in [-0.05, 0) is 31.0 Å². The maximum Gasteiger partial charge on any atom is 0.331 e. The van der Waals surface area contributed by atoms with Crippen molar-refractivity contribution in [2.24, 2.45) is 0 Å². The van der Waals surface area contributed by atoms with E-state index in [1.54, 1.807) is 11.8 Å². The number of halogens is 1. The number of carbonyl (C=O) groups excluding carboxylic acids is 1. The summed E-state index contributed by atoms with van der Waals surface area (Å²) in [4.78, 5) is 15.7. The van der Waals surface area contributed by atoms with Gasteiger partial charge in [0, 0.05) is 17.7 Å². The van der Waals surface area contributed by atoms with Crippen LogP contribution < -0.4 is 4.74 Å². The second-order valence-corrected chi connectivity index (χ2v) is 7.85. The number of ether oxygens (including phenoxy) is 2. The zero-order chi connectivity index (χ0) is 19.3. The summed E-state index contributed by atoms with van der Waals surface area (Å²) in [5.41, 5.74) is 1.73. The van der Waals surface area contributed by atoms with E-state index in [9.17, 15) is 4.79 Å². The minimum absolute atomic E-state index is 0. The molecule has 0 saturated carbocycles. The number of likely N-dealkylation sites (N-methyl/N-ethyl adjacent to an activating group) is 1. The van der Waals surface area contributed by atoms with Crippen LogP contribution in [0.3, 0.4) is 0 Å². The van der Waals surface area contributed by atoms with Gasteiger partial charge in [-0.25, -0.2) is 4.79 Å². The van der Waals surface area contributed by atoms with Gasteiger partial charge in [0.15, 0.2) is 4.75 Å². The zero-order valence-corrected chi connectivity index (χ0v) is 18.3. The first kappa shape index (κ1) is 22.6. The molecule has 3 rings (SSSR count). The fourth-order valence-electron chi connectivity index (χ4n) is 3.52. The van der Waals surface area contributed by atoms with E-state index < -0.39 is 4.75 Å². The van der Waals surface area contributed by atoms with Gasteiger partial charge in [-0.3, -0.25) is 0 Å². The van der Waals surface area contributed by atoms with E-state index in [0.29, 0.717) is 6.61 Å². The Labute approximate surface area is 178 Å². The number of esters is 1. The highest BCUT2D eigenvalue weighted by atomic mass is 35.5. The Bertz CT molecular complexity index is 749. The van der Waals surface area contributed by atoms with Gasteiger partial charge < -0.3 is 14.4 Å². The van der Waals surface area contributed by atoms with E-state index >= 15 is 0 Å². The summed E-state index contributed by atoms with van der Waals surface area (Å²) in [6, 6.07) is 15.5. The number of hydrogen-bond donors (Lipinski definition) is 0. The van der Waals surface area contributed by atoms with E-state index in [1.165, 1.54) is 0 Å². The summed E-state index contributed by atoms with van der Waals surface area (Å²) >= 11 is 1.60. The molecule has 1 heterocycles. The first-order valence-corrected chi connectivity index (χ1v) is 10.6. The van der Waals surface area contributed by atoms with Gasteiger partial charge in [-0.2, -0.15) is 0 Å². The van der Waals surface area contributed by atoms with Crippen molar-refractivity contribution in [3.63, 3.8) is 0 Å². The fraction of sp³-hybridized carbons (Fsp3) is 0.409. The molecule has 28 heavy (non-hydrogen) atoms. The summed E-state index contributed by atoms with van der Waals surface area (Å²) in [6.45, 7) is 9.32. The van der Waals surface area contributed by atoms with E-state index in [-0.39, 0.29) is 18.4 Å². The molecule has 0 radical (unpaired) electrons. The molecule has 2 aromatic rings. The van der Waals surface area contributed by atoms with E-state index in [2.05, 4.69) is 25.7 Å². The van der Waals surface area contributed by atoms with Crippen molar-refractivity contribution in [2.45, 2.75) is 25.5 Å². The lowest BCUT2D eigenvalue weighted by Crippen LogP contribution is -2.39. The minimum Gasteiger partial charge on any atom is -0.463 e. The largest absolute Gasteiger partial charge is 0.463 e. The Hall–Kier alpha value is -1.69. The van der Waals surface area contributed by atoms with E-state index in [4.69, 9.17) is 9.47 Å². The molecule has 1 aliphatic heterocycles. The van der Waals surface area contributed by atoms with Crippen LogP contribution in [0.2, 0.25) is 0 Å². The number of thioether (sulfide) groups is 1. The SMILES string of the molecule is CCSC1(C(=O)OCCN(CC)CC)c2ccccc2Oc2ccccc21.Cl. The molecule has 1 aliphatic rings. The van der Waals surface area contributed by atoms with Crippen LogP contribution in [0.1, 0.15) is 31.9 Å². The molecular weight excluding hydrogens is 394 g/mol. The van der Waals surface area contributed by atoms with Crippen molar-refractivity contribution in [1.29, 1.82) is 0 Å². The normalized spacial score (nSPS) is 13.7. The average molecular weight is 422 g/mol. The molecule has 4 nitrogen and oxygen atoms in total. The molecule has 6 heteroatoms. The second kappa shape index (κ2) is 10.2. The van der Waals surface area contributed by atoms with Gasteiger partial charge in [0.2, 0.25) is 0 Å². The van der Waals surface area contributed by atoms with Crippen molar-refractivity contribution in [1.82, 2.24) is 4.90 Å². The van der Waals surface area contributed by atoms with Gasteiger partial charge >= 0.3 is 5.97 Å². The standard InChI is InChI=1S/C22H27NO3S.ClH/c1-4-23(5-2)15-16-25-21(24)22(27-6-3)17-11-7-9-13-19(17)26-20-14-10-8-12-18(20)22;/h7-14H,4-6,15-16H2,1-3H3;1H. The lowest BCUT2D eigenvalue weighted by Gasteiger charge is -2.37. The summed E-state index contributed by atoms with van der Waals surface area (Å²) in [6.07, 6.45) is 0. The molecule has 0 unspecified atom stereocenters. The molecule has 0 bridgehead atoms. The van der Waals surface area contributed by atoms with Gasteiger partial charge in [0.25, 0.3) is 0 Å². The van der Waals surface area contributed by atoms with Crippen molar-refractivity contribution in [3.05, 3.63) is 59.7 Å². The highest BCUT2D eigenvalue weighted by Gasteiger charge is 2.50. The summed E-state index contributed by atoms with van der Waals surface area (Å²) in [7, 11) is 0. The van der Waals surface area contributed by atoms with E-state index in [1.807, 2.05) is 48.5 Å². The second-order valence-electron chi connectivity index (χ2n) is 6.37. The molecule has 0 saturated heterocycles. The van der Waals surface area contributed by atoms with E-state index in [0.717, 1.165) is 48.0 Å². The molecular formula is C22H28ClNO3S. The topological polar surface area (TPSA) is 38.8 Å². The Kier molecular flexibility index (Phi) is 8.23. The van der Waals surface area contributed by atoms with Crippen LogP contribution >= 0.6 is 24.2 Å². The third-order valence-corrected chi connectivity index (χ3v) is 6.26. The summed E-state index contributed by atoms with van der Waals surface area (Å²) in [5.74, 6) is 2.01. The average Bonchev–Trinajstić information content (AvgIpc) is 2.71. The van der Waals surface area contributed by atoms with Gasteiger partial charge in [0.1, 0.15) is 18.1 Å². The summed E-state index contributed by atoms with van der Waals surface area (Å²) in [5, 5.41) is 0. The van der Waals surface area contributed by atoms with Crippen LogP contribution in [0.15, 0.2) is 48.5 Å². The molecule has 2 aromatic carbocycles. The van der Waals surface area contributed by atoms with Gasteiger partial charge in [-0.15, -0.1) is 24.2 Å².